The average Bonchev–Trinajstić information content (AvgIpc) is 3.16. The standard InChI is InChI=1S/C18H21N3O4/c1-19-17(24)18(9-3-2-4-10-18)21-16(23)12-7-8-13(20-15(12)22)14-6-5-11-25-14/h5-8,11H,2-4,9-10H2,1H3,(H,19,24)(H,20,22)(H,21,23). The number of likely N-dealkylation sites (N-methyl/N-ethyl adjacent to an activating group) is 1. The van der Waals surface area contributed by atoms with Crippen LogP contribution in [-0.4, -0.2) is 29.4 Å². The van der Waals surface area contributed by atoms with Crippen LogP contribution in [0.4, 0.5) is 0 Å². The first-order valence-corrected chi connectivity index (χ1v) is 8.38. The highest BCUT2D eigenvalue weighted by atomic mass is 16.3. The van der Waals surface area contributed by atoms with Crippen LogP contribution in [0, 0.1) is 0 Å². The molecule has 0 radical (unpaired) electrons. The lowest BCUT2D eigenvalue weighted by atomic mass is 9.80. The number of nitrogens with one attached hydrogen (secondary N) is 3. The van der Waals surface area contributed by atoms with Crippen LogP contribution in [0.3, 0.4) is 0 Å². The fraction of sp³-hybridized carbons (Fsp3) is 0.389. The van der Waals surface area contributed by atoms with Gasteiger partial charge in [0.1, 0.15) is 16.9 Å². The van der Waals surface area contributed by atoms with Gasteiger partial charge in [0.25, 0.3) is 11.5 Å². The Morgan fingerprint density at radius 2 is 1.92 bits per heavy atom. The average molecular weight is 343 g/mol. The molecule has 0 bridgehead atoms. The quantitative estimate of drug-likeness (QED) is 0.787. The van der Waals surface area contributed by atoms with Crippen molar-refractivity contribution in [1.29, 1.82) is 0 Å². The largest absolute Gasteiger partial charge is 0.463 e. The Kier molecular flexibility index (Phi) is 4.74. The first-order chi connectivity index (χ1) is 12.1. The summed E-state index contributed by atoms with van der Waals surface area (Å²) in [5.74, 6) is -0.250. The summed E-state index contributed by atoms with van der Waals surface area (Å²) in [5.41, 5.74) is -1.00. The van der Waals surface area contributed by atoms with E-state index in [1.807, 2.05) is 0 Å². The zero-order valence-corrected chi connectivity index (χ0v) is 14.1. The van der Waals surface area contributed by atoms with Crippen LogP contribution < -0.4 is 16.2 Å². The predicted octanol–water partition coefficient (Wildman–Crippen LogP) is 1.81. The summed E-state index contributed by atoms with van der Waals surface area (Å²) in [6.45, 7) is 0. The summed E-state index contributed by atoms with van der Waals surface area (Å²) in [6.07, 6.45) is 5.40. The third kappa shape index (κ3) is 3.35. The van der Waals surface area contributed by atoms with Gasteiger partial charge in [-0.25, -0.2) is 0 Å². The van der Waals surface area contributed by atoms with Gasteiger partial charge in [-0.1, -0.05) is 19.3 Å². The number of carbonyl (C=O) groups excluding carboxylic acids is 2. The third-order valence-electron chi connectivity index (χ3n) is 4.66. The lowest BCUT2D eigenvalue weighted by Crippen LogP contribution is -2.59. The van der Waals surface area contributed by atoms with E-state index in [1.165, 1.54) is 12.3 Å². The van der Waals surface area contributed by atoms with Gasteiger partial charge in [-0.3, -0.25) is 14.4 Å². The van der Waals surface area contributed by atoms with Gasteiger partial charge in [0.05, 0.1) is 12.0 Å². The number of furan rings is 1. The van der Waals surface area contributed by atoms with Crippen LogP contribution in [0.5, 0.6) is 0 Å². The van der Waals surface area contributed by atoms with Crippen LogP contribution in [0.15, 0.2) is 39.7 Å². The lowest BCUT2D eigenvalue weighted by Gasteiger charge is -2.36. The Labute approximate surface area is 144 Å². The van der Waals surface area contributed by atoms with E-state index in [4.69, 9.17) is 4.42 Å². The molecule has 7 nitrogen and oxygen atoms in total. The normalized spacial score (nSPS) is 16.2. The summed E-state index contributed by atoms with van der Waals surface area (Å²) in [4.78, 5) is 39.9. The summed E-state index contributed by atoms with van der Waals surface area (Å²) >= 11 is 0. The first-order valence-electron chi connectivity index (χ1n) is 8.38. The van der Waals surface area contributed by atoms with Crippen molar-refractivity contribution in [2.24, 2.45) is 0 Å². The van der Waals surface area contributed by atoms with E-state index < -0.39 is 17.0 Å². The highest BCUT2D eigenvalue weighted by molar-refractivity contribution is 5.99. The maximum Gasteiger partial charge on any atom is 0.261 e. The molecule has 2 aromatic heterocycles. The van der Waals surface area contributed by atoms with Gasteiger partial charge in [0.15, 0.2) is 0 Å². The number of aromatic amines is 1. The van der Waals surface area contributed by atoms with Gasteiger partial charge in [-0.2, -0.15) is 0 Å². The maximum absolute atomic E-state index is 12.6. The Morgan fingerprint density at radius 1 is 1.16 bits per heavy atom. The zero-order valence-electron chi connectivity index (χ0n) is 14.1. The number of amides is 2. The Bertz CT molecular complexity index is 817. The Morgan fingerprint density at radius 3 is 2.52 bits per heavy atom. The molecule has 3 N–H and O–H groups in total. The molecule has 3 rings (SSSR count). The van der Waals surface area contributed by atoms with Crippen LogP contribution in [0.25, 0.3) is 11.5 Å². The molecule has 1 aliphatic rings. The number of carbonyl (C=O) groups is 2. The van der Waals surface area contributed by atoms with Gasteiger partial charge in [-0.15, -0.1) is 0 Å². The molecule has 0 atom stereocenters. The minimum absolute atomic E-state index is 0.0239. The fourth-order valence-electron chi connectivity index (χ4n) is 3.32. The van der Waals surface area contributed by atoms with Crippen LogP contribution in [0.1, 0.15) is 42.5 Å². The minimum Gasteiger partial charge on any atom is -0.463 e. The molecule has 7 heteroatoms. The molecule has 1 fully saturated rings. The molecule has 2 heterocycles. The van der Waals surface area contributed by atoms with Crippen molar-refractivity contribution >= 4 is 11.8 Å². The van der Waals surface area contributed by atoms with Crippen molar-refractivity contribution < 1.29 is 14.0 Å². The van der Waals surface area contributed by atoms with E-state index in [-0.39, 0.29) is 11.5 Å². The summed E-state index contributed by atoms with van der Waals surface area (Å²) in [6, 6.07) is 6.49. The number of aromatic nitrogens is 1. The third-order valence-corrected chi connectivity index (χ3v) is 4.66. The molecule has 2 aromatic rings. The highest BCUT2D eigenvalue weighted by Crippen LogP contribution is 2.28. The Balaban J connectivity index is 1.85. The van der Waals surface area contributed by atoms with Crippen molar-refractivity contribution in [2.45, 2.75) is 37.6 Å². The van der Waals surface area contributed by atoms with E-state index in [0.717, 1.165) is 19.3 Å². The number of hydrogen-bond acceptors (Lipinski definition) is 4. The second-order valence-electron chi connectivity index (χ2n) is 6.27. The maximum atomic E-state index is 12.6. The van der Waals surface area contributed by atoms with E-state index >= 15 is 0 Å². The van der Waals surface area contributed by atoms with E-state index in [9.17, 15) is 14.4 Å². The van der Waals surface area contributed by atoms with Crippen molar-refractivity contribution in [2.75, 3.05) is 7.05 Å². The topological polar surface area (TPSA) is 104 Å². The fourth-order valence-corrected chi connectivity index (χ4v) is 3.32. The van der Waals surface area contributed by atoms with Gasteiger partial charge < -0.3 is 20.0 Å². The summed E-state index contributed by atoms with van der Waals surface area (Å²) in [5, 5.41) is 5.42. The summed E-state index contributed by atoms with van der Waals surface area (Å²) < 4.78 is 5.23. The van der Waals surface area contributed by atoms with Gasteiger partial charge in [0, 0.05) is 7.05 Å². The Hall–Kier alpha value is -2.83. The second kappa shape index (κ2) is 6.96. The number of pyridine rings is 1. The highest BCUT2D eigenvalue weighted by Gasteiger charge is 2.40. The van der Waals surface area contributed by atoms with Gasteiger partial charge in [-0.05, 0) is 37.1 Å². The monoisotopic (exact) mass is 343 g/mol. The van der Waals surface area contributed by atoms with Crippen LogP contribution in [-0.2, 0) is 4.79 Å². The van der Waals surface area contributed by atoms with Crippen LogP contribution in [0.2, 0.25) is 0 Å². The SMILES string of the molecule is CNC(=O)C1(NC(=O)c2ccc(-c3ccco3)[nH]c2=O)CCCCC1. The molecule has 0 aliphatic heterocycles. The van der Waals surface area contributed by atoms with E-state index in [0.29, 0.717) is 24.3 Å². The molecule has 0 saturated heterocycles. The molecule has 2 amide bonds. The zero-order chi connectivity index (χ0) is 17.9. The predicted molar refractivity (Wildman–Crippen MR) is 92.1 cm³/mol. The van der Waals surface area contributed by atoms with Crippen molar-refractivity contribution in [3.63, 3.8) is 0 Å². The molecule has 0 unspecified atom stereocenters. The number of rotatable bonds is 4. The molecular weight excluding hydrogens is 322 g/mol. The van der Waals surface area contributed by atoms with E-state index in [1.54, 1.807) is 25.2 Å². The smallest absolute Gasteiger partial charge is 0.261 e. The summed E-state index contributed by atoms with van der Waals surface area (Å²) in [7, 11) is 1.55. The van der Waals surface area contributed by atoms with E-state index in [2.05, 4.69) is 15.6 Å². The minimum atomic E-state index is -0.948. The van der Waals surface area contributed by atoms with Gasteiger partial charge in [0.2, 0.25) is 5.91 Å². The number of hydrogen-bond donors (Lipinski definition) is 3. The molecule has 0 spiro atoms. The van der Waals surface area contributed by atoms with Crippen molar-refractivity contribution in [1.82, 2.24) is 15.6 Å². The molecule has 25 heavy (non-hydrogen) atoms. The molecule has 132 valence electrons. The van der Waals surface area contributed by atoms with Crippen LogP contribution >= 0.6 is 0 Å². The number of H-pyrrole nitrogens is 1. The molecular formula is C18H21N3O4. The van der Waals surface area contributed by atoms with Crippen molar-refractivity contribution in [3.8, 4) is 11.5 Å². The molecule has 1 saturated carbocycles. The van der Waals surface area contributed by atoms with Gasteiger partial charge >= 0.3 is 0 Å². The van der Waals surface area contributed by atoms with Crippen molar-refractivity contribution in [3.05, 3.63) is 46.4 Å². The second-order valence-corrected chi connectivity index (χ2v) is 6.27. The lowest BCUT2D eigenvalue weighted by molar-refractivity contribution is -0.128. The molecule has 0 aromatic carbocycles. The molecule has 1 aliphatic carbocycles. The first kappa shape index (κ1) is 17.0.